The lowest BCUT2D eigenvalue weighted by Crippen LogP contribution is -2.29. The summed E-state index contributed by atoms with van der Waals surface area (Å²) in [5.74, 6) is 0.366. The highest BCUT2D eigenvalue weighted by atomic mass is 16.6. The van der Waals surface area contributed by atoms with Gasteiger partial charge >= 0.3 is 6.09 Å². The van der Waals surface area contributed by atoms with E-state index in [-0.39, 0.29) is 23.2 Å². The number of anilines is 1. The summed E-state index contributed by atoms with van der Waals surface area (Å²) in [4.78, 5) is 30.6. The summed E-state index contributed by atoms with van der Waals surface area (Å²) in [5, 5.41) is 14.1. The summed E-state index contributed by atoms with van der Waals surface area (Å²) in [7, 11) is 7.82. The summed E-state index contributed by atoms with van der Waals surface area (Å²) in [6.45, 7) is 12.7. The van der Waals surface area contributed by atoms with Gasteiger partial charge in [-0.2, -0.15) is 0 Å². The second-order valence-corrected chi connectivity index (χ2v) is 13.1. The molecule has 0 saturated heterocycles. The van der Waals surface area contributed by atoms with Crippen molar-refractivity contribution < 1.29 is 19.1 Å². The molecule has 0 aliphatic heterocycles. The monoisotopic (exact) mass is 641 g/mol. The highest BCUT2D eigenvalue weighted by Gasteiger charge is 2.22. The van der Waals surface area contributed by atoms with Crippen molar-refractivity contribution in [1.29, 1.82) is 0 Å². The van der Waals surface area contributed by atoms with Crippen molar-refractivity contribution >= 4 is 17.7 Å². The van der Waals surface area contributed by atoms with Crippen LogP contribution in [0.25, 0.3) is 5.69 Å². The van der Waals surface area contributed by atoms with Gasteiger partial charge in [0.15, 0.2) is 0 Å². The first kappa shape index (κ1) is 35.1. The van der Waals surface area contributed by atoms with Crippen LogP contribution in [0.5, 0.6) is 11.6 Å². The zero-order valence-corrected chi connectivity index (χ0v) is 28.9. The number of benzene rings is 3. The lowest BCUT2D eigenvalue weighted by atomic mass is 9.85. The average molecular weight is 642 g/mol. The number of carbonyl (C=O) groups excluding carboxylic acids is 2. The van der Waals surface area contributed by atoms with Crippen molar-refractivity contribution in [3.63, 3.8) is 0 Å². The zero-order valence-electron chi connectivity index (χ0n) is 28.9. The topological polar surface area (TPSA) is 114 Å². The predicted molar refractivity (Wildman–Crippen MR) is 185 cm³/mol. The third-order valence-corrected chi connectivity index (χ3v) is 7.88. The third kappa shape index (κ3) is 9.40. The number of carbonyl (C=O) groups is 2. The fourth-order valence-electron chi connectivity index (χ4n) is 5.05. The van der Waals surface area contributed by atoms with Gasteiger partial charge in [-0.1, -0.05) is 73.5 Å². The van der Waals surface area contributed by atoms with Crippen LogP contribution in [-0.2, 0) is 12.0 Å². The number of hydrogen-bond acceptors (Lipinski definition) is 8. The van der Waals surface area contributed by atoms with Crippen LogP contribution in [0.2, 0.25) is 0 Å². The van der Waals surface area contributed by atoms with Gasteiger partial charge in [-0.05, 0) is 75.3 Å². The van der Waals surface area contributed by atoms with Crippen LogP contribution < -0.4 is 20.1 Å². The Hall–Kier alpha value is -4.74. The van der Waals surface area contributed by atoms with Gasteiger partial charge in [-0.3, -0.25) is 4.79 Å². The summed E-state index contributed by atoms with van der Waals surface area (Å²) in [6, 6.07) is 18.8. The molecule has 1 heterocycles. The highest BCUT2D eigenvalue weighted by Crippen LogP contribution is 2.36. The van der Waals surface area contributed by atoms with E-state index in [1.54, 1.807) is 19.2 Å². The average Bonchev–Trinajstić information content (AvgIpc) is 3.47. The number of ether oxygens (including phenoxy) is 2. The van der Waals surface area contributed by atoms with Crippen molar-refractivity contribution in [2.24, 2.45) is 0 Å². The first-order valence-corrected chi connectivity index (χ1v) is 15.7. The Labute approximate surface area is 277 Å². The van der Waals surface area contributed by atoms with E-state index >= 15 is 0 Å². The van der Waals surface area contributed by atoms with Gasteiger partial charge < -0.3 is 29.9 Å². The van der Waals surface area contributed by atoms with Gasteiger partial charge in [0.1, 0.15) is 5.75 Å². The predicted octanol–water partition coefficient (Wildman–Crippen LogP) is 5.98. The fourth-order valence-corrected chi connectivity index (χ4v) is 5.05. The summed E-state index contributed by atoms with van der Waals surface area (Å²) < 4.78 is 12.8. The van der Waals surface area contributed by atoms with E-state index in [1.807, 2.05) is 56.3 Å². The maximum atomic E-state index is 13.7. The van der Waals surface area contributed by atoms with Gasteiger partial charge in [0, 0.05) is 30.8 Å². The van der Waals surface area contributed by atoms with E-state index < -0.39 is 6.09 Å². The SMILES string of the molecule is COc1c(CN(C)CCN(C)C)cc(C(C)(C)C)cc1NC(=O)c1ccc(C)c(-n2cc(OC(=O)N[C@H](C)c3ccccc3)nn2)c1. The Morgan fingerprint density at radius 3 is 2.38 bits per heavy atom. The molecular formula is C36H47N7O4. The number of amides is 2. The van der Waals surface area contributed by atoms with Crippen LogP contribution in [-0.4, -0.2) is 78.1 Å². The molecule has 47 heavy (non-hydrogen) atoms. The molecule has 1 aromatic heterocycles. The van der Waals surface area contributed by atoms with E-state index in [1.165, 1.54) is 10.9 Å². The molecule has 0 aliphatic carbocycles. The molecule has 0 fully saturated rings. The van der Waals surface area contributed by atoms with Gasteiger partial charge in [0.25, 0.3) is 11.8 Å². The largest absolute Gasteiger partial charge is 0.494 e. The number of methoxy groups -OCH3 is 1. The standard InChI is InChI=1S/C36H47N7O4/c1-24-15-16-27(20-31(24)43-23-32(39-40-43)47-35(45)37-25(2)26-13-11-10-12-14-26)34(44)38-30-21-29(36(3,4)5)19-28(33(30)46-9)22-42(8)18-17-41(6)7/h10-16,19-21,23,25H,17-18,22H2,1-9H3,(H,37,45)(H,38,44)/t25-/m1/s1. The smallest absolute Gasteiger partial charge is 0.414 e. The molecule has 4 aromatic rings. The first-order chi connectivity index (χ1) is 22.2. The van der Waals surface area contributed by atoms with Crippen molar-refractivity contribution in [3.05, 3.63) is 94.7 Å². The fraction of sp³-hybridized carbons (Fsp3) is 0.389. The molecule has 0 saturated carbocycles. The van der Waals surface area contributed by atoms with Gasteiger partial charge in [-0.25, -0.2) is 9.48 Å². The van der Waals surface area contributed by atoms with Crippen LogP contribution in [0.4, 0.5) is 10.5 Å². The Morgan fingerprint density at radius 2 is 1.72 bits per heavy atom. The number of likely N-dealkylation sites (N-methyl/N-ethyl adjacent to an activating group) is 2. The molecule has 1 atom stereocenters. The Morgan fingerprint density at radius 1 is 1.00 bits per heavy atom. The minimum absolute atomic E-state index is 0.0313. The van der Waals surface area contributed by atoms with Gasteiger partial charge in [-0.15, -0.1) is 0 Å². The van der Waals surface area contributed by atoms with E-state index in [4.69, 9.17) is 9.47 Å². The Balaban J connectivity index is 1.54. The van der Waals surface area contributed by atoms with Crippen LogP contribution in [0.1, 0.15) is 66.3 Å². The molecule has 11 heteroatoms. The number of rotatable bonds is 12. The molecule has 0 unspecified atom stereocenters. The Kier molecular flexibility index (Phi) is 11.4. The number of aromatic nitrogens is 3. The molecule has 0 radical (unpaired) electrons. The quantitative estimate of drug-likeness (QED) is 0.194. The van der Waals surface area contributed by atoms with Crippen LogP contribution in [0.15, 0.2) is 66.9 Å². The number of nitrogens with one attached hydrogen (secondary N) is 2. The van der Waals surface area contributed by atoms with Crippen molar-refractivity contribution in [3.8, 4) is 17.3 Å². The van der Waals surface area contributed by atoms with Crippen molar-refractivity contribution in [2.75, 3.05) is 46.7 Å². The summed E-state index contributed by atoms with van der Waals surface area (Å²) in [5.41, 5.74) is 5.40. The summed E-state index contributed by atoms with van der Waals surface area (Å²) in [6.07, 6.45) is 0.860. The molecule has 3 aromatic carbocycles. The zero-order chi connectivity index (χ0) is 34.3. The van der Waals surface area contributed by atoms with Gasteiger partial charge in [0.05, 0.1) is 30.7 Å². The van der Waals surface area contributed by atoms with E-state index in [0.29, 0.717) is 29.2 Å². The lowest BCUT2D eigenvalue weighted by molar-refractivity contribution is 0.102. The minimum Gasteiger partial charge on any atom is -0.494 e. The van der Waals surface area contributed by atoms with E-state index in [0.717, 1.165) is 35.3 Å². The molecule has 11 nitrogen and oxygen atoms in total. The van der Waals surface area contributed by atoms with Crippen LogP contribution >= 0.6 is 0 Å². The van der Waals surface area contributed by atoms with E-state index in [2.05, 4.69) is 78.7 Å². The van der Waals surface area contributed by atoms with E-state index in [9.17, 15) is 9.59 Å². The first-order valence-electron chi connectivity index (χ1n) is 15.7. The second kappa shape index (κ2) is 15.2. The van der Waals surface area contributed by atoms with Crippen LogP contribution in [0, 0.1) is 6.92 Å². The lowest BCUT2D eigenvalue weighted by Gasteiger charge is -2.26. The maximum absolute atomic E-state index is 13.7. The number of hydrogen-bond donors (Lipinski definition) is 2. The number of aryl methyl sites for hydroxylation is 1. The van der Waals surface area contributed by atoms with Crippen LogP contribution in [0.3, 0.4) is 0 Å². The molecule has 0 bridgehead atoms. The van der Waals surface area contributed by atoms with Crippen molar-refractivity contribution in [2.45, 2.75) is 52.6 Å². The summed E-state index contributed by atoms with van der Waals surface area (Å²) >= 11 is 0. The molecule has 4 rings (SSSR count). The molecule has 2 amide bonds. The maximum Gasteiger partial charge on any atom is 0.414 e. The molecule has 0 aliphatic rings. The molecular weight excluding hydrogens is 594 g/mol. The van der Waals surface area contributed by atoms with Crippen molar-refractivity contribution in [1.82, 2.24) is 30.1 Å². The normalized spacial score (nSPS) is 12.2. The van der Waals surface area contributed by atoms with Gasteiger partial charge in [0.2, 0.25) is 0 Å². The molecule has 0 spiro atoms. The number of nitrogens with zero attached hydrogens (tertiary/aromatic N) is 5. The molecule has 2 N–H and O–H groups in total. The third-order valence-electron chi connectivity index (χ3n) is 7.88. The second-order valence-electron chi connectivity index (χ2n) is 13.1. The highest BCUT2D eigenvalue weighted by molar-refractivity contribution is 6.05. The minimum atomic E-state index is -0.645. The molecule has 250 valence electrons. The Bertz CT molecular complexity index is 1680.